The second-order valence-electron chi connectivity index (χ2n) is 0.548. The summed E-state index contributed by atoms with van der Waals surface area (Å²) in [6, 6.07) is 0. The van der Waals surface area contributed by atoms with Crippen molar-refractivity contribution in [2.45, 2.75) is 0 Å². The fourth-order valence-corrected chi connectivity index (χ4v) is 0. The van der Waals surface area contributed by atoms with Crippen LogP contribution < -0.4 is 0 Å². The van der Waals surface area contributed by atoms with Crippen molar-refractivity contribution in [1.82, 2.24) is 0 Å². The fraction of sp³-hybridized carbons (Fsp3) is 0. The van der Waals surface area contributed by atoms with E-state index in [1.54, 1.807) is 0 Å². The molecular weight excluding hydrogens is 804 g/mol. The van der Waals surface area contributed by atoms with Gasteiger partial charge in [-0.15, -0.1) is 0 Å². The van der Waals surface area contributed by atoms with Gasteiger partial charge in [-0.2, -0.15) is 19.8 Å². The summed E-state index contributed by atoms with van der Waals surface area (Å²) in [4.78, 5) is 0. The molecule has 0 aliphatic heterocycles. The van der Waals surface area contributed by atoms with Gasteiger partial charge in [0.1, 0.15) is 0 Å². The Labute approximate surface area is 188 Å². The summed E-state index contributed by atoms with van der Waals surface area (Å²) in [6.45, 7) is 0. The molecule has 0 aliphatic rings. The van der Waals surface area contributed by atoms with Gasteiger partial charge in [-0.05, 0) is 0 Å². The summed E-state index contributed by atoms with van der Waals surface area (Å²) in [5.74, 6) is 0. The van der Waals surface area contributed by atoms with E-state index in [2.05, 4.69) is 0 Å². The molecule has 6 radical (unpaired) electrons. The van der Waals surface area contributed by atoms with Gasteiger partial charge in [-0.1, -0.05) is 0 Å². The van der Waals surface area contributed by atoms with Crippen LogP contribution in [0.4, 0.5) is 28.2 Å². The molecule has 0 spiro atoms. The topological polar surface area (TPSA) is 224 Å². The van der Waals surface area contributed by atoms with Crippen LogP contribution in [-0.2, 0) is 22.7 Å². The van der Waals surface area contributed by atoms with E-state index in [0.717, 1.165) is 0 Å². The molecule has 0 aromatic heterocycles. The third-order valence-corrected chi connectivity index (χ3v) is 0. The van der Waals surface area contributed by atoms with Crippen molar-refractivity contribution in [2.75, 3.05) is 0 Å². The predicted molar refractivity (Wildman–Crippen MR) is 89.2 cm³/mol. The van der Waals surface area contributed by atoms with Crippen LogP contribution >= 0.6 is 19.8 Å². The zero-order valence-corrected chi connectivity index (χ0v) is 27.4. The SMILES string of the molecule is F.F.F.F.F.F.P.P.[O]=[Ge][OH].[O]=[Ge][OH].[O]=[Ge][OH].[O]=[Ge][OH].[O]=[Ge][OH].[O]=[Ge][OH]. The third-order valence-electron chi connectivity index (χ3n) is 0. The Morgan fingerprint density at radius 2 is 0.308 bits per heavy atom. The summed E-state index contributed by atoms with van der Waals surface area (Å²) in [5.41, 5.74) is 0. The zero-order chi connectivity index (χ0) is 16.2. The van der Waals surface area contributed by atoms with Gasteiger partial charge in [0.15, 0.2) is 0 Å². The van der Waals surface area contributed by atoms with Crippen LogP contribution in [0.25, 0.3) is 0 Å². The normalized spacial score (nSPS) is 2.77. The molecule has 0 amide bonds. The van der Waals surface area contributed by atoms with Crippen molar-refractivity contribution < 1.29 is 75.7 Å². The van der Waals surface area contributed by atoms with Gasteiger partial charge in [0.05, 0.1) is 0 Å². The summed E-state index contributed by atoms with van der Waals surface area (Å²) in [5, 5.41) is 0. The quantitative estimate of drug-likeness (QED) is 0.0767. The predicted octanol–water partition coefficient (Wildman–Crippen LogP) is -5.31. The van der Waals surface area contributed by atoms with Crippen molar-refractivity contribution >= 4 is 114 Å². The van der Waals surface area contributed by atoms with Crippen molar-refractivity contribution in [3.05, 3.63) is 0 Å². The molecule has 26 heteroatoms. The molecule has 12 nitrogen and oxygen atoms in total. The first-order valence-electron chi connectivity index (χ1n) is 2.57. The van der Waals surface area contributed by atoms with E-state index >= 15 is 0 Å². The Morgan fingerprint density at radius 1 is 0.308 bits per heavy atom. The van der Waals surface area contributed by atoms with Gasteiger partial charge in [0.25, 0.3) is 0 Å². The monoisotopic (exact) mass is 830 g/mol. The van der Waals surface area contributed by atoms with E-state index < -0.39 is 94.2 Å². The van der Waals surface area contributed by atoms with E-state index in [9.17, 15) is 0 Å². The summed E-state index contributed by atoms with van der Waals surface area (Å²) < 4.78 is 94.5. The second-order valence-corrected chi connectivity index (χ2v) is 2.85. The Hall–Kier alpha value is 1.30. The number of hydrogen-bond donors (Lipinski definition) is 6. The van der Waals surface area contributed by atoms with Crippen molar-refractivity contribution in [1.29, 1.82) is 0 Å². The van der Waals surface area contributed by atoms with Gasteiger partial charge in [-0.25, -0.2) is 0 Å². The Kier molecular flexibility index (Phi) is 1300. The fourth-order valence-electron chi connectivity index (χ4n) is 0. The van der Waals surface area contributed by atoms with Crippen LogP contribution in [0, 0.1) is 0 Å². The molecule has 0 rings (SSSR count). The average Bonchev–Trinajstić information content (AvgIpc) is 2.23. The molecule has 0 saturated carbocycles. The molecule has 0 heterocycles. The van der Waals surface area contributed by atoms with Crippen molar-refractivity contribution in [3.63, 3.8) is 0 Å². The summed E-state index contributed by atoms with van der Waals surface area (Å²) in [6.07, 6.45) is 0. The zero-order valence-electron chi connectivity index (χ0n) is 12.0. The minimum absolute atomic E-state index is 0. The molecule has 0 fully saturated rings. The Balaban J connectivity index is -0.00000000522. The van der Waals surface area contributed by atoms with Crippen LogP contribution in [0.3, 0.4) is 0 Å². The van der Waals surface area contributed by atoms with E-state index in [4.69, 9.17) is 47.5 Å². The van der Waals surface area contributed by atoms with Crippen LogP contribution in [0.15, 0.2) is 0 Å². The molecule has 0 aromatic rings. The average molecular weight is 822 g/mol. The maximum atomic E-state index is 8.61. The number of halogens is 6. The standard InChI is InChI=1S/6FH.6GeHO2.2H3P/c;;;;;;6*2-1-3;;/h6*1H;6*2H;2*1H3. The van der Waals surface area contributed by atoms with Gasteiger partial charge < -0.3 is 0 Å². The van der Waals surface area contributed by atoms with E-state index in [1.165, 1.54) is 0 Å². The first-order valence-corrected chi connectivity index (χ1v) is 13.3. The Morgan fingerprint density at radius 3 is 0.308 bits per heavy atom. The molecule has 166 valence electrons. The first-order chi connectivity index (χ1) is 8.49. The van der Waals surface area contributed by atoms with E-state index in [-0.39, 0.29) is 48.0 Å². The van der Waals surface area contributed by atoms with Crippen LogP contribution in [0.2, 0.25) is 0 Å². The number of hydrogen-bond acceptors (Lipinski definition) is 6. The van der Waals surface area contributed by atoms with Gasteiger partial charge in [-0.3, -0.25) is 28.2 Å². The van der Waals surface area contributed by atoms with Gasteiger partial charge in [0.2, 0.25) is 0 Å². The van der Waals surface area contributed by atoms with Gasteiger partial charge in [0, 0.05) is 0 Å². The molecule has 0 aromatic carbocycles. The molecule has 0 saturated heterocycles. The maximum absolute atomic E-state index is 8.61. The minimum atomic E-state index is -1.75. The van der Waals surface area contributed by atoms with Crippen molar-refractivity contribution in [3.8, 4) is 0 Å². The van der Waals surface area contributed by atoms with E-state index in [0.29, 0.717) is 0 Å². The first kappa shape index (κ1) is 107. The molecule has 26 heavy (non-hydrogen) atoms. The number of rotatable bonds is 0. The second kappa shape index (κ2) is 316. The third kappa shape index (κ3) is 8880. The van der Waals surface area contributed by atoms with Crippen LogP contribution in [0.5, 0.6) is 0 Å². The molecule has 6 N–H and O–H groups in total. The molecule has 0 aliphatic carbocycles. The van der Waals surface area contributed by atoms with Crippen LogP contribution in [0.1, 0.15) is 0 Å². The van der Waals surface area contributed by atoms with Gasteiger partial charge >= 0.3 is 142 Å². The summed E-state index contributed by atoms with van der Waals surface area (Å²) in [7, 11) is 0. The molecule has 2 atom stereocenters. The van der Waals surface area contributed by atoms with Crippen molar-refractivity contribution in [2.24, 2.45) is 0 Å². The summed E-state index contributed by atoms with van der Waals surface area (Å²) >= 11 is -10.5. The molecule has 0 bridgehead atoms. The molecule has 2 unspecified atom stereocenters. The van der Waals surface area contributed by atoms with E-state index in [1.807, 2.05) is 0 Å². The molecular formula is H18F6Ge6O12P2. The van der Waals surface area contributed by atoms with Crippen LogP contribution in [-0.4, -0.2) is 119 Å². The Bertz CT molecular complexity index is 138.